The Kier molecular flexibility index (Phi) is 4.94. The minimum atomic E-state index is -0.492. The number of likely N-dealkylation sites (N-methyl/N-ethyl adjacent to an activating group) is 1. The third-order valence-electron chi connectivity index (χ3n) is 3.22. The van der Waals surface area contributed by atoms with Crippen molar-refractivity contribution in [3.63, 3.8) is 0 Å². The number of hydrogen-bond acceptors (Lipinski definition) is 2. The number of benzene rings is 1. The molecule has 0 aliphatic rings. The number of hydrogen-bond donors (Lipinski definition) is 0. The van der Waals surface area contributed by atoms with E-state index in [9.17, 15) is 9.18 Å². The van der Waals surface area contributed by atoms with Crippen LogP contribution in [0.3, 0.4) is 0 Å². The normalized spacial score (nSPS) is 12.2. The molecule has 5 heteroatoms. The summed E-state index contributed by atoms with van der Waals surface area (Å²) in [6.07, 6.45) is 0.773. The molecule has 2 nitrogen and oxygen atoms in total. The number of thiophene rings is 1. The van der Waals surface area contributed by atoms with Gasteiger partial charge < -0.3 is 4.90 Å². The summed E-state index contributed by atoms with van der Waals surface area (Å²) in [7, 11) is 1.71. The average molecular weight is 356 g/mol. The highest BCUT2D eigenvalue weighted by Gasteiger charge is 2.21. The van der Waals surface area contributed by atoms with Crippen molar-refractivity contribution in [2.24, 2.45) is 0 Å². The van der Waals surface area contributed by atoms with E-state index in [1.807, 2.05) is 24.4 Å². The summed E-state index contributed by atoms with van der Waals surface area (Å²) in [6, 6.07) is 8.45. The van der Waals surface area contributed by atoms with Crippen LogP contribution in [0.1, 0.15) is 22.2 Å². The molecule has 1 unspecified atom stereocenters. The lowest BCUT2D eigenvalue weighted by molar-refractivity contribution is 0.0739. The monoisotopic (exact) mass is 355 g/mol. The van der Waals surface area contributed by atoms with Gasteiger partial charge in [0.2, 0.25) is 0 Å². The topological polar surface area (TPSA) is 20.3 Å². The van der Waals surface area contributed by atoms with Crippen LogP contribution < -0.4 is 0 Å². The summed E-state index contributed by atoms with van der Waals surface area (Å²) in [5.41, 5.74) is 0.0971. The van der Waals surface area contributed by atoms with Crippen LogP contribution in [0.2, 0.25) is 0 Å². The van der Waals surface area contributed by atoms with Gasteiger partial charge in [-0.25, -0.2) is 4.39 Å². The van der Waals surface area contributed by atoms with E-state index < -0.39 is 5.82 Å². The van der Waals surface area contributed by atoms with Gasteiger partial charge in [-0.3, -0.25) is 4.79 Å². The third kappa shape index (κ3) is 3.46. The molecule has 1 aromatic carbocycles. The summed E-state index contributed by atoms with van der Waals surface area (Å²) in [4.78, 5) is 15.2. The second kappa shape index (κ2) is 6.50. The Labute approximate surface area is 130 Å². The molecule has 1 amide bonds. The van der Waals surface area contributed by atoms with Crippen LogP contribution in [0, 0.1) is 5.82 Å². The minimum absolute atomic E-state index is 0.0135. The summed E-state index contributed by atoms with van der Waals surface area (Å²) in [6.45, 7) is 1.97. The number of halogens is 2. The first-order chi connectivity index (χ1) is 9.49. The first kappa shape index (κ1) is 15.2. The number of amides is 1. The molecule has 0 N–H and O–H groups in total. The summed E-state index contributed by atoms with van der Waals surface area (Å²) < 4.78 is 14.5. The van der Waals surface area contributed by atoms with Gasteiger partial charge in [-0.2, -0.15) is 0 Å². The van der Waals surface area contributed by atoms with Crippen molar-refractivity contribution in [3.8, 4) is 0 Å². The summed E-state index contributed by atoms with van der Waals surface area (Å²) in [5, 5.41) is 2.01. The molecule has 0 bridgehead atoms. The van der Waals surface area contributed by atoms with Crippen molar-refractivity contribution in [2.45, 2.75) is 19.4 Å². The van der Waals surface area contributed by atoms with Gasteiger partial charge in [-0.05, 0) is 36.6 Å². The highest BCUT2D eigenvalue weighted by molar-refractivity contribution is 9.10. The molecule has 1 atom stereocenters. The average Bonchev–Trinajstić information content (AvgIpc) is 2.92. The Hall–Kier alpha value is -1.20. The van der Waals surface area contributed by atoms with E-state index in [1.54, 1.807) is 29.4 Å². The van der Waals surface area contributed by atoms with Crippen LogP contribution in [0.15, 0.2) is 40.2 Å². The fourth-order valence-electron chi connectivity index (χ4n) is 1.91. The molecule has 0 aliphatic heterocycles. The van der Waals surface area contributed by atoms with Gasteiger partial charge in [0.05, 0.1) is 5.56 Å². The van der Waals surface area contributed by atoms with Crippen LogP contribution in [-0.4, -0.2) is 23.9 Å². The first-order valence-corrected chi connectivity index (χ1v) is 7.91. The van der Waals surface area contributed by atoms with Gasteiger partial charge in [-0.15, -0.1) is 11.3 Å². The number of carbonyl (C=O) groups is 1. The van der Waals surface area contributed by atoms with Crippen LogP contribution >= 0.6 is 27.3 Å². The fraction of sp³-hybridized carbons (Fsp3) is 0.267. The van der Waals surface area contributed by atoms with Gasteiger partial charge in [0.1, 0.15) is 5.82 Å². The first-order valence-electron chi connectivity index (χ1n) is 6.23. The predicted octanol–water partition coefficient (Wildman–Crippen LogP) is 4.35. The Bertz CT molecular complexity index is 600. The van der Waals surface area contributed by atoms with Crippen LogP contribution in [0.25, 0.3) is 0 Å². The van der Waals surface area contributed by atoms with E-state index in [1.165, 1.54) is 17.0 Å². The standard InChI is InChI=1S/C15H15BrFNOS/c1-10(8-12-4-3-7-20-12)18(2)15(19)13-9-11(16)5-6-14(13)17/h3-7,9-10H,8H2,1-2H3. The van der Waals surface area contributed by atoms with Crippen molar-refractivity contribution < 1.29 is 9.18 Å². The molecule has 106 valence electrons. The summed E-state index contributed by atoms with van der Waals surface area (Å²) >= 11 is 4.93. The molecule has 0 fully saturated rings. The molecule has 0 saturated heterocycles. The van der Waals surface area contributed by atoms with Crippen molar-refractivity contribution in [1.29, 1.82) is 0 Å². The van der Waals surface area contributed by atoms with Gasteiger partial charge in [0.25, 0.3) is 5.91 Å². The number of nitrogens with zero attached hydrogens (tertiary/aromatic N) is 1. The van der Waals surface area contributed by atoms with Gasteiger partial charge in [0, 0.05) is 28.9 Å². The maximum atomic E-state index is 13.8. The van der Waals surface area contributed by atoms with Crippen LogP contribution in [0.5, 0.6) is 0 Å². The molecule has 20 heavy (non-hydrogen) atoms. The Morgan fingerprint density at radius 2 is 2.20 bits per heavy atom. The van der Waals surface area contributed by atoms with Crippen molar-refractivity contribution >= 4 is 33.2 Å². The molecule has 1 aromatic heterocycles. The molecule has 2 aromatic rings. The van der Waals surface area contributed by atoms with E-state index in [-0.39, 0.29) is 17.5 Å². The zero-order valence-electron chi connectivity index (χ0n) is 11.3. The van der Waals surface area contributed by atoms with Gasteiger partial charge >= 0.3 is 0 Å². The van der Waals surface area contributed by atoms with Crippen LogP contribution in [-0.2, 0) is 6.42 Å². The Morgan fingerprint density at radius 1 is 1.45 bits per heavy atom. The Morgan fingerprint density at radius 3 is 2.85 bits per heavy atom. The zero-order chi connectivity index (χ0) is 14.7. The highest BCUT2D eigenvalue weighted by Crippen LogP contribution is 2.19. The van der Waals surface area contributed by atoms with Crippen LogP contribution in [0.4, 0.5) is 4.39 Å². The fourth-order valence-corrected chi connectivity index (χ4v) is 3.10. The lowest BCUT2D eigenvalue weighted by Crippen LogP contribution is -2.36. The second-order valence-electron chi connectivity index (χ2n) is 4.67. The maximum absolute atomic E-state index is 13.8. The molecular formula is C15H15BrFNOS. The number of carbonyl (C=O) groups excluding carboxylic acids is 1. The van der Waals surface area contributed by atoms with E-state index in [0.29, 0.717) is 4.47 Å². The van der Waals surface area contributed by atoms with E-state index >= 15 is 0 Å². The lowest BCUT2D eigenvalue weighted by atomic mass is 10.1. The van der Waals surface area contributed by atoms with Gasteiger partial charge in [-0.1, -0.05) is 22.0 Å². The van der Waals surface area contributed by atoms with E-state index in [2.05, 4.69) is 15.9 Å². The van der Waals surface area contributed by atoms with Gasteiger partial charge in [0.15, 0.2) is 0 Å². The lowest BCUT2D eigenvalue weighted by Gasteiger charge is -2.25. The predicted molar refractivity (Wildman–Crippen MR) is 83.7 cm³/mol. The highest BCUT2D eigenvalue weighted by atomic mass is 79.9. The SMILES string of the molecule is CC(Cc1cccs1)N(C)C(=O)c1cc(Br)ccc1F. The van der Waals surface area contributed by atoms with Crippen molar-refractivity contribution in [3.05, 3.63) is 56.4 Å². The molecule has 0 saturated carbocycles. The van der Waals surface area contributed by atoms with Crippen molar-refractivity contribution in [2.75, 3.05) is 7.05 Å². The minimum Gasteiger partial charge on any atom is -0.339 e. The maximum Gasteiger partial charge on any atom is 0.256 e. The van der Waals surface area contributed by atoms with Crippen molar-refractivity contribution in [1.82, 2.24) is 4.90 Å². The van der Waals surface area contributed by atoms with E-state index in [4.69, 9.17) is 0 Å². The Balaban J connectivity index is 2.13. The van der Waals surface area contributed by atoms with E-state index in [0.717, 1.165) is 6.42 Å². The molecule has 0 radical (unpaired) electrons. The third-order valence-corrected chi connectivity index (χ3v) is 4.61. The second-order valence-corrected chi connectivity index (χ2v) is 6.62. The molecular weight excluding hydrogens is 341 g/mol. The summed E-state index contributed by atoms with van der Waals surface area (Å²) in [5.74, 6) is -0.791. The quantitative estimate of drug-likeness (QED) is 0.798. The molecule has 0 aliphatic carbocycles. The smallest absolute Gasteiger partial charge is 0.256 e. The number of rotatable bonds is 4. The molecule has 0 spiro atoms. The molecule has 1 heterocycles. The zero-order valence-corrected chi connectivity index (χ0v) is 13.7. The largest absolute Gasteiger partial charge is 0.339 e. The molecule has 2 rings (SSSR count).